The van der Waals surface area contributed by atoms with Crippen LogP contribution in [0.4, 0.5) is 11.7 Å². The Bertz CT molecular complexity index is 606. The maximum absolute atomic E-state index is 5.82. The Kier molecular flexibility index (Phi) is 3.09. The van der Waals surface area contributed by atoms with Crippen LogP contribution in [0, 0.1) is 0 Å². The maximum Gasteiger partial charge on any atom is 0.298 e. The van der Waals surface area contributed by atoms with Gasteiger partial charge in [-0.2, -0.15) is 4.98 Å². The first kappa shape index (κ1) is 13.2. The van der Waals surface area contributed by atoms with Gasteiger partial charge in [0.15, 0.2) is 5.58 Å². The molecule has 1 aromatic heterocycles. The molecule has 1 saturated heterocycles. The van der Waals surface area contributed by atoms with Crippen LogP contribution < -0.4 is 10.6 Å². The van der Waals surface area contributed by atoms with Crippen LogP contribution in [0.1, 0.15) is 20.8 Å². The van der Waals surface area contributed by atoms with Crippen LogP contribution in [-0.2, 0) is 0 Å². The van der Waals surface area contributed by atoms with Crippen LogP contribution in [0.25, 0.3) is 11.1 Å². The molecule has 1 aliphatic rings. The minimum absolute atomic E-state index is 0.224. The molecule has 0 radical (unpaired) electrons. The van der Waals surface area contributed by atoms with Crippen molar-refractivity contribution in [1.82, 2.24) is 9.88 Å². The van der Waals surface area contributed by atoms with Crippen LogP contribution >= 0.6 is 0 Å². The van der Waals surface area contributed by atoms with Gasteiger partial charge in [0.05, 0.1) is 0 Å². The first-order valence-electron chi connectivity index (χ1n) is 7.09. The van der Waals surface area contributed by atoms with Crippen molar-refractivity contribution in [2.24, 2.45) is 0 Å². The number of fused-ring (bicyclic) bond motifs is 1. The molecule has 0 amide bonds. The van der Waals surface area contributed by atoms with Crippen molar-refractivity contribution in [2.45, 2.75) is 26.3 Å². The first-order chi connectivity index (χ1) is 9.43. The molecule has 5 heteroatoms. The third-order valence-electron chi connectivity index (χ3n) is 3.90. The summed E-state index contributed by atoms with van der Waals surface area (Å²) in [6, 6.07) is 6.29. The van der Waals surface area contributed by atoms with Gasteiger partial charge in [-0.05, 0) is 39.0 Å². The van der Waals surface area contributed by atoms with Gasteiger partial charge in [0.25, 0.3) is 6.01 Å². The number of aromatic nitrogens is 1. The van der Waals surface area contributed by atoms with E-state index in [0.717, 1.165) is 43.0 Å². The van der Waals surface area contributed by atoms with E-state index in [2.05, 4.69) is 35.6 Å². The third kappa shape index (κ3) is 2.45. The second-order valence-electron chi connectivity index (χ2n) is 6.37. The summed E-state index contributed by atoms with van der Waals surface area (Å²) in [5.74, 6) is 0. The number of benzene rings is 1. The first-order valence-corrected chi connectivity index (χ1v) is 7.09. The van der Waals surface area contributed by atoms with E-state index < -0.39 is 0 Å². The van der Waals surface area contributed by atoms with Crippen molar-refractivity contribution in [3.8, 4) is 0 Å². The third-order valence-corrected chi connectivity index (χ3v) is 3.90. The SMILES string of the molecule is CC(C)(C)N1CCN(c2nc3cc(N)ccc3o2)CC1. The fraction of sp³-hybridized carbons (Fsp3) is 0.533. The highest BCUT2D eigenvalue weighted by atomic mass is 16.4. The zero-order chi connectivity index (χ0) is 14.3. The molecular formula is C15H22N4O. The van der Waals surface area contributed by atoms with E-state index in [9.17, 15) is 0 Å². The predicted molar refractivity (Wildman–Crippen MR) is 82.0 cm³/mol. The number of rotatable bonds is 1. The number of piperazine rings is 1. The Hall–Kier alpha value is -1.75. The monoisotopic (exact) mass is 274 g/mol. The molecule has 5 nitrogen and oxygen atoms in total. The van der Waals surface area contributed by atoms with Gasteiger partial charge in [0, 0.05) is 37.4 Å². The molecule has 0 atom stereocenters. The van der Waals surface area contributed by atoms with Crippen LogP contribution in [0.3, 0.4) is 0 Å². The second kappa shape index (κ2) is 4.66. The molecule has 3 rings (SSSR count). The summed E-state index contributed by atoms with van der Waals surface area (Å²) in [6.45, 7) is 10.7. The summed E-state index contributed by atoms with van der Waals surface area (Å²) in [4.78, 5) is 9.24. The smallest absolute Gasteiger partial charge is 0.298 e. The minimum atomic E-state index is 0.224. The topological polar surface area (TPSA) is 58.5 Å². The number of anilines is 2. The summed E-state index contributed by atoms with van der Waals surface area (Å²) < 4.78 is 5.82. The van der Waals surface area contributed by atoms with E-state index in [1.807, 2.05) is 18.2 Å². The largest absolute Gasteiger partial charge is 0.423 e. The summed E-state index contributed by atoms with van der Waals surface area (Å²) in [5, 5.41) is 0. The highest BCUT2D eigenvalue weighted by Gasteiger charge is 2.27. The lowest BCUT2D eigenvalue weighted by atomic mass is 10.1. The Morgan fingerprint density at radius 1 is 1.15 bits per heavy atom. The Morgan fingerprint density at radius 2 is 1.85 bits per heavy atom. The average molecular weight is 274 g/mol. The summed E-state index contributed by atoms with van der Waals surface area (Å²) >= 11 is 0. The van der Waals surface area contributed by atoms with Gasteiger partial charge in [-0.3, -0.25) is 4.90 Å². The molecule has 2 aromatic rings. The number of oxazole rings is 1. The Morgan fingerprint density at radius 3 is 2.50 bits per heavy atom. The van der Waals surface area contributed by atoms with Gasteiger partial charge >= 0.3 is 0 Å². The lowest BCUT2D eigenvalue weighted by molar-refractivity contribution is 0.127. The number of hydrogen-bond acceptors (Lipinski definition) is 5. The highest BCUT2D eigenvalue weighted by molar-refractivity contribution is 5.78. The number of nitrogens with zero attached hydrogens (tertiary/aromatic N) is 3. The van der Waals surface area contributed by atoms with Crippen molar-refractivity contribution in [1.29, 1.82) is 0 Å². The zero-order valence-corrected chi connectivity index (χ0v) is 12.4. The van der Waals surface area contributed by atoms with Crippen molar-refractivity contribution < 1.29 is 4.42 Å². The maximum atomic E-state index is 5.82. The molecule has 1 fully saturated rings. The summed E-state index contributed by atoms with van der Waals surface area (Å²) in [7, 11) is 0. The molecule has 1 aromatic carbocycles. The van der Waals surface area contributed by atoms with Gasteiger partial charge in [-0.1, -0.05) is 0 Å². The van der Waals surface area contributed by atoms with Crippen molar-refractivity contribution in [3.05, 3.63) is 18.2 Å². The van der Waals surface area contributed by atoms with Crippen LogP contribution in [0.5, 0.6) is 0 Å². The molecule has 20 heavy (non-hydrogen) atoms. The van der Waals surface area contributed by atoms with Crippen LogP contribution in [-0.4, -0.2) is 41.6 Å². The lowest BCUT2D eigenvalue weighted by Gasteiger charge is -2.41. The van der Waals surface area contributed by atoms with Gasteiger partial charge < -0.3 is 15.1 Å². The highest BCUT2D eigenvalue weighted by Crippen LogP contribution is 2.25. The van der Waals surface area contributed by atoms with E-state index in [0.29, 0.717) is 6.01 Å². The van der Waals surface area contributed by atoms with Crippen LogP contribution in [0.15, 0.2) is 22.6 Å². The fourth-order valence-corrected chi connectivity index (χ4v) is 2.64. The van der Waals surface area contributed by atoms with Crippen molar-refractivity contribution in [3.63, 3.8) is 0 Å². The summed E-state index contributed by atoms with van der Waals surface area (Å²) in [5.41, 5.74) is 8.35. The molecule has 0 aliphatic carbocycles. The molecule has 0 unspecified atom stereocenters. The van der Waals surface area contributed by atoms with E-state index in [-0.39, 0.29) is 5.54 Å². The van der Waals surface area contributed by atoms with Gasteiger partial charge in [-0.15, -0.1) is 0 Å². The zero-order valence-electron chi connectivity index (χ0n) is 12.4. The van der Waals surface area contributed by atoms with Crippen molar-refractivity contribution in [2.75, 3.05) is 36.8 Å². The molecule has 0 spiro atoms. The van der Waals surface area contributed by atoms with E-state index in [4.69, 9.17) is 10.2 Å². The average Bonchev–Trinajstić information content (AvgIpc) is 2.80. The minimum Gasteiger partial charge on any atom is -0.423 e. The standard InChI is InChI=1S/C15H22N4O/c1-15(2,3)19-8-6-18(7-9-19)14-17-12-10-11(16)4-5-13(12)20-14/h4-5,10H,6-9,16H2,1-3H3. The predicted octanol–water partition coefficient (Wildman–Crippen LogP) is 2.33. The van der Waals surface area contributed by atoms with Crippen molar-refractivity contribution >= 4 is 22.8 Å². The van der Waals surface area contributed by atoms with Gasteiger partial charge in [0.2, 0.25) is 0 Å². The van der Waals surface area contributed by atoms with Gasteiger partial charge in [0.1, 0.15) is 5.52 Å². The fourth-order valence-electron chi connectivity index (χ4n) is 2.64. The quantitative estimate of drug-likeness (QED) is 0.809. The van der Waals surface area contributed by atoms with E-state index in [1.165, 1.54) is 0 Å². The number of hydrogen-bond donors (Lipinski definition) is 1. The van der Waals surface area contributed by atoms with E-state index >= 15 is 0 Å². The number of nitrogens with two attached hydrogens (primary N) is 1. The van der Waals surface area contributed by atoms with Gasteiger partial charge in [-0.25, -0.2) is 0 Å². The molecule has 0 bridgehead atoms. The molecule has 108 valence electrons. The molecular weight excluding hydrogens is 252 g/mol. The molecule has 0 saturated carbocycles. The second-order valence-corrected chi connectivity index (χ2v) is 6.37. The molecule has 1 aliphatic heterocycles. The van der Waals surface area contributed by atoms with Crippen LogP contribution in [0.2, 0.25) is 0 Å². The Balaban J connectivity index is 1.76. The normalized spacial score (nSPS) is 17.9. The lowest BCUT2D eigenvalue weighted by Crippen LogP contribution is -2.53. The molecule has 2 N–H and O–H groups in total. The van der Waals surface area contributed by atoms with E-state index in [1.54, 1.807) is 0 Å². The summed E-state index contributed by atoms with van der Waals surface area (Å²) in [6.07, 6.45) is 0. The number of nitrogen functional groups attached to an aromatic ring is 1. The Labute approximate surface area is 119 Å². The molecule has 2 heterocycles.